The number of aromatic nitrogens is 2. The average molecular weight is 342 g/mol. The van der Waals surface area contributed by atoms with Gasteiger partial charge in [0.25, 0.3) is 5.91 Å². The van der Waals surface area contributed by atoms with Gasteiger partial charge >= 0.3 is 0 Å². The summed E-state index contributed by atoms with van der Waals surface area (Å²) < 4.78 is 5.70. The third-order valence-corrected chi connectivity index (χ3v) is 4.33. The van der Waals surface area contributed by atoms with Crippen molar-refractivity contribution >= 4 is 5.91 Å². The SMILES string of the molecule is CC(C)COc1ccc(C(C)NC(=O)c2n[nH]c3c2CNCC3)cc1. The van der Waals surface area contributed by atoms with E-state index in [9.17, 15) is 4.79 Å². The number of nitrogens with one attached hydrogen (secondary N) is 3. The Kier molecular flexibility index (Phi) is 5.38. The van der Waals surface area contributed by atoms with E-state index in [-0.39, 0.29) is 11.9 Å². The van der Waals surface area contributed by atoms with Crippen LogP contribution in [0.2, 0.25) is 0 Å². The molecule has 134 valence electrons. The first-order chi connectivity index (χ1) is 12.0. The predicted octanol–water partition coefficient (Wildman–Crippen LogP) is 2.58. The molecule has 1 aromatic carbocycles. The molecule has 0 saturated carbocycles. The molecule has 1 aliphatic rings. The summed E-state index contributed by atoms with van der Waals surface area (Å²) in [6.45, 7) is 8.51. The molecule has 3 rings (SSSR count). The van der Waals surface area contributed by atoms with Crippen LogP contribution in [-0.4, -0.2) is 29.3 Å². The van der Waals surface area contributed by atoms with Crippen LogP contribution in [0.25, 0.3) is 0 Å². The van der Waals surface area contributed by atoms with Crippen molar-refractivity contribution in [1.82, 2.24) is 20.8 Å². The minimum atomic E-state index is -0.145. The van der Waals surface area contributed by atoms with Crippen LogP contribution in [0.4, 0.5) is 0 Å². The Balaban J connectivity index is 1.62. The molecule has 0 radical (unpaired) electrons. The third kappa shape index (κ3) is 4.20. The summed E-state index contributed by atoms with van der Waals surface area (Å²) in [5, 5.41) is 13.5. The summed E-state index contributed by atoms with van der Waals surface area (Å²) in [5.41, 5.74) is 3.57. The lowest BCUT2D eigenvalue weighted by atomic mass is 10.1. The molecule has 1 unspecified atom stereocenters. The molecule has 1 amide bonds. The monoisotopic (exact) mass is 342 g/mol. The highest BCUT2D eigenvalue weighted by atomic mass is 16.5. The Bertz CT molecular complexity index is 722. The zero-order chi connectivity index (χ0) is 17.8. The quantitative estimate of drug-likeness (QED) is 0.754. The van der Waals surface area contributed by atoms with Crippen molar-refractivity contribution in [3.8, 4) is 5.75 Å². The third-order valence-electron chi connectivity index (χ3n) is 4.33. The number of benzene rings is 1. The number of hydrogen-bond donors (Lipinski definition) is 3. The van der Waals surface area contributed by atoms with Crippen LogP contribution < -0.4 is 15.4 Å². The van der Waals surface area contributed by atoms with Crippen LogP contribution in [-0.2, 0) is 13.0 Å². The number of aromatic amines is 1. The van der Waals surface area contributed by atoms with E-state index >= 15 is 0 Å². The van der Waals surface area contributed by atoms with Crippen molar-refractivity contribution in [2.24, 2.45) is 5.92 Å². The highest BCUT2D eigenvalue weighted by Gasteiger charge is 2.22. The zero-order valence-electron chi connectivity index (χ0n) is 15.1. The van der Waals surface area contributed by atoms with Crippen LogP contribution in [0.1, 0.15) is 54.1 Å². The van der Waals surface area contributed by atoms with Crippen LogP contribution in [0.15, 0.2) is 24.3 Å². The van der Waals surface area contributed by atoms with Crippen molar-refractivity contribution in [2.45, 2.75) is 39.8 Å². The van der Waals surface area contributed by atoms with E-state index < -0.39 is 0 Å². The van der Waals surface area contributed by atoms with Gasteiger partial charge in [0.15, 0.2) is 5.69 Å². The maximum Gasteiger partial charge on any atom is 0.272 e. The fourth-order valence-electron chi connectivity index (χ4n) is 2.88. The van der Waals surface area contributed by atoms with Gasteiger partial charge in [-0.05, 0) is 30.5 Å². The van der Waals surface area contributed by atoms with E-state index in [2.05, 4.69) is 34.7 Å². The standard InChI is InChI=1S/C19H26N4O2/c1-12(2)11-25-15-6-4-14(5-7-15)13(3)21-19(24)18-16-10-20-9-8-17(16)22-23-18/h4-7,12-13,20H,8-11H2,1-3H3,(H,21,24)(H,22,23). The van der Waals surface area contributed by atoms with E-state index in [1.165, 1.54) is 0 Å². The Morgan fingerprint density at radius 1 is 1.28 bits per heavy atom. The smallest absolute Gasteiger partial charge is 0.272 e. The van der Waals surface area contributed by atoms with Gasteiger partial charge in [0, 0.05) is 30.8 Å². The molecule has 3 N–H and O–H groups in total. The maximum absolute atomic E-state index is 12.6. The highest BCUT2D eigenvalue weighted by molar-refractivity contribution is 5.94. The molecule has 2 heterocycles. The Hall–Kier alpha value is -2.34. The summed E-state index contributed by atoms with van der Waals surface area (Å²) in [5.74, 6) is 1.20. The molecule has 6 heteroatoms. The van der Waals surface area contributed by atoms with E-state index in [1.54, 1.807) is 0 Å². The number of ether oxygens (including phenoxy) is 1. The van der Waals surface area contributed by atoms with Crippen LogP contribution in [0.5, 0.6) is 5.75 Å². The minimum Gasteiger partial charge on any atom is -0.493 e. The van der Waals surface area contributed by atoms with E-state index in [0.717, 1.165) is 35.5 Å². The number of carbonyl (C=O) groups excluding carboxylic acids is 1. The summed E-state index contributed by atoms with van der Waals surface area (Å²) in [7, 11) is 0. The second-order valence-electron chi connectivity index (χ2n) is 6.93. The number of fused-ring (bicyclic) bond motifs is 1. The second kappa shape index (κ2) is 7.70. The van der Waals surface area contributed by atoms with E-state index in [0.29, 0.717) is 24.8 Å². The lowest BCUT2D eigenvalue weighted by Gasteiger charge is -2.16. The molecule has 1 aliphatic heterocycles. The van der Waals surface area contributed by atoms with Gasteiger partial charge in [-0.3, -0.25) is 9.89 Å². The summed E-state index contributed by atoms with van der Waals surface area (Å²) in [6, 6.07) is 7.77. The molecule has 0 fully saturated rings. The van der Waals surface area contributed by atoms with Crippen molar-refractivity contribution < 1.29 is 9.53 Å². The second-order valence-corrected chi connectivity index (χ2v) is 6.93. The summed E-state index contributed by atoms with van der Waals surface area (Å²) in [4.78, 5) is 12.6. The zero-order valence-corrected chi connectivity index (χ0v) is 15.1. The number of rotatable bonds is 6. The molecule has 1 atom stereocenters. The molecule has 0 bridgehead atoms. The van der Waals surface area contributed by atoms with Gasteiger partial charge in [0.05, 0.1) is 12.6 Å². The number of amides is 1. The number of nitrogens with zero attached hydrogens (tertiary/aromatic N) is 1. The van der Waals surface area contributed by atoms with Crippen LogP contribution >= 0.6 is 0 Å². The van der Waals surface area contributed by atoms with Gasteiger partial charge in [-0.2, -0.15) is 5.10 Å². The number of hydrogen-bond acceptors (Lipinski definition) is 4. The summed E-state index contributed by atoms with van der Waals surface area (Å²) >= 11 is 0. The Morgan fingerprint density at radius 2 is 2.04 bits per heavy atom. The van der Waals surface area contributed by atoms with Gasteiger partial charge in [-0.25, -0.2) is 0 Å². The first-order valence-corrected chi connectivity index (χ1v) is 8.85. The summed E-state index contributed by atoms with van der Waals surface area (Å²) in [6.07, 6.45) is 0.878. The fourth-order valence-corrected chi connectivity index (χ4v) is 2.88. The van der Waals surface area contributed by atoms with Gasteiger partial charge in [0.2, 0.25) is 0 Å². The highest BCUT2D eigenvalue weighted by Crippen LogP contribution is 2.20. The molecule has 2 aromatic rings. The molecule has 0 aliphatic carbocycles. The lowest BCUT2D eigenvalue weighted by molar-refractivity contribution is 0.0933. The van der Waals surface area contributed by atoms with Crippen molar-refractivity contribution in [1.29, 1.82) is 0 Å². The topological polar surface area (TPSA) is 79.0 Å². The molecule has 6 nitrogen and oxygen atoms in total. The molecule has 25 heavy (non-hydrogen) atoms. The van der Waals surface area contributed by atoms with Crippen molar-refractivity contribution in [2.75, 3.05) is 13.2 Å². The first-order valence-electron chi connectivity index (χ1n) is 8.85. The van der Waals surface area contributed by atoms with E-state index in [4.69, 9.17) is 4.74 Å². The number of carbonyl (C=O) groups is 1. The fraction of sp³-hybridized carbons (Fsp3) is 0.474. The Labute approximate surface area is 148 Å². The molecular weight excluding hydrogens is 316 g/mol. The van der Waals surface area contributed by atoms with Crippen molar-refractivity contribution in [3.63, 3.8) is 0 Å². The molecule has 1 aromatic heterocycles. The van der Waals surface area contributed by atoms with Crippen LogP contribution in [0, 0.1) is 5.92 Å². The van der Waals surface area contributed by atoms with Crippen molar-refractivity contribution in [3.05, 3.63) is 46.8 Å². The normalized spacial score (nSPS) is 14.9. The maximum atomic E-state index is 12.6. The van der Waals surface area contributed by atoms with Gasteiger partial charge in [0.1, 0.15) is 5.75 Å². The molecule has 0 saturated heterocycles. The van der Waals surface area contributed by atoms with Gasteiger partial charge < -0.3 is 15.4 Å². The molecule has 0 spiro atoms. The predicted molar refractivity (Wildman–Crippen MR) is 96.7 cm³/mol. The first kappa shape index (κ1) is 17.5. The number of H-pyrrole nitrogens is 1. The lowest BCUT2D eigenvalue weighted by Crippen LogP contribution is -2.30. The van der Waals surface area contributed by atoms with Crippen LogP contribution in [0.3, 0.4) is 0 Å². The minimum absolute atomic E-state index is 0.101. The molecular formula is C19H26N4O2. The van der Waals surface area contributed by atoms with Gasteiger partial charge in [-0.15, -0.1) is 0 Å². The van der Waals surface area contributed by atoms with E-state index in [1.807, 2.05) is 31.2 Å². The average Bonchev–Trinajstić information content (AvgIpc) is 3.04. The largest absolute Gasteiger partial charge is 0.493 e. The Morgan fingerprint density at radius 3 is 2.76 bits per heavy atom. The van der Waals surface area contributed by atoms with Gasteiger partial charge in [-0.1, -0.05) is 26.0 Å².